The first-order chi connectivity index (χ1) is 9.16. The molecule has 0 spiro atoms. The highest BCUT2D eigenvalue weighted by molar-refractivity contribution is 7.89. The minimum absolute atomic E-state index is 0.0488. The van der Waals surface area contributed by atoms with Gasteiger partial charge in [0.25, 0.3) is 0 Å². The number of benzene rings is 1. The molecule has 1 atom stereocenters. The number of nitrogens with one attached hydrogen (secondary N) is 1. The zero-order chi connectivity index (χ0) is 15.5. The zero-order valence-corrected chi connectivity index (χ0v) is 13.4. The molecule has 0 aliphatic heterocycles. The van der Waals surface area contributed by atoms with Crippen LogP contribution in [0.25, 0.3) is 0 Å². The van der Waals surface area contributed by atoms with Gasteiger partial charge in [-0.05, 0) is 12.1 Å². The number of hydrogen-bond acceptors (Lipinski definition) is 4. The van der Waals surface area contributed by atoms with Crippen molar-refractivity contribution in [3.05, 3.63) is 27.7 Å². The average molecular weight is 360 g/mol. The van der Waals surface area contributed by atoms with E-state index >= 15 is 0 Å². The molecule has 0 aliphatic rings. The van der Waals surface area contributed by atoms with Crippen LogP contribution in [0.4, 0.5) is 0 Å². The van der Waals surface area contributed by atoms with Crippen molar-refractivity contribution in [2.45, 2.75) is 4.90 Å². The van der Waals surface area contributed by atoms with Crippen LogP contribution in [-0.2, 0) is 20.8 Å². The van der Waals surface area contributed by atoms with E-state index in [2.05, 4.69) is 4.72 Å². The van der Waals surface area contributed by atoms with Crippen molar-refractivity contribution in [2.75, 3.05) is 18.6 Å². The van der Waals surface area contributed by atoms with E-state index in [9.17, 15) is 17.4 Å². The maximum absolute atomic E-state index is 12.0. The minimum atomic E-state index is -4.00. The quantitative estimate of drug-likeness (QED) is 0.798. The van der Waals surface area contributed by atoms with Crippen LogP contribution in [0.15, 0.2) is 17.0 Å². The van der Waals surface area contributed by atoms with Crippen molar-refractivity contribution < 1.29 is 22.5 Å². The molecule has 1 aromatic rings. The lowest BCUT2D eigenvalue weighted by molar-refractivity contribution is 0.0697. The van der Waals surface area contributed by atoms with E-state index in [1.807, 2.05) is 0 Å². The molecule has 20 heavy (non-hydrogen) atoms. The van der Waals surface area contributed by atoms with Gasteiger partial charge in [0.2, 0.25) is 10.0 Å². The number of carbonyl (C=O) groups is 1. The van der Waals surface area contributed by atoms with Gasteiger partial charge in [0.15, 0.2) is 0 Å². The van der Waals surface area contributed by atoms with Crippen molar-refractivity contribution in [1.82, 2.24) is 4.72 Å². The van der Waals surface area contributed by atoms with Gasteiger partial charge in [-0.2, -0.15) is 0 Å². The molecule has 1 rings (SSSR count). The molecule has 0 aliphatic carbocycles. The number of rotatable bonds is 6. The van der Waals surface area contributed by atoms with Crippen LogP contribution in [0.2, 0.25) is 10.0 Å². The van der Waals surface area contributed by atoms with Crippen LogP contribution in [-0.4, -0.2) is 42.3 Å². The monoisotopic (exact) mass is 359 g/mol. The maximum atomic E-state index is 12.0. The largest absolute Gasteiger partial charge is 0.478 e. The van der Waals surface area contributed by atoms with Crippen LogP contribution in [0.3, 0.4) is 0 Å². The molecule has 10 heteroatoms. The summed E-state index contributed by atoms with van der Waals surface area (Å²) < 4.78 is 37.0. The Kier molecular flexibility index (Phi) is 5.96. The number of hydrogen-bond donors (Lipinski definition) is 2. The second kappa shape index (κ2) is 6.86. The van der Waals surface area contributed by atoms with Gasteiger partial charge in [-0.15, -0.1) is 0 Å². The van der Waals surface area contributed by atoms with Gasteiger partial charge in [0, 0.05) is 29.4 Å². The molecule has 0 aromatic heterocycles. The fourth-order valence-corrected chi connectivity index (χ4v) is 3.80. The molecule has 1 aromatic carbocycles. The molecule has 6 nitrogen and oxygen atoms in total. The third-order valence-electron chi connectivity index (χ3n) is 2.24. The molecule has 1 unspecified atom stereocenters. The number of aromatic carboxylic acids is 1. The molecule has 0 radical (unpaired) electrons. The highest BCUT2D eigenvalue weighted by atomic mass is 35.5. The van der Waals surface area contributed by atoms with E-state index in [-0.39, 0.29) is 22.2 Å². The zero-order valence-electron chi connectivity index (χ0n) is 10.2. The maximum Gasteiger partial charge on any atom is 0.338 e. The predicted octanol–water partition coefficient (Wildman–Crippen LogP) is 1.35. The summed E-state index contributed by atoms with van der Waals surface area (Å²) in [7, 11) is -5.15. The number of carboxylic acids is 1. The summed E-state index contributed by atoms with van der Waals surface area (Å²) in [5.74, 6) is -1.29. The molecule has 2 N–H and O–H groups in total. The van der Waals surface area contributed by atoms with Gasteiger partial charge in [0.1, 0.15) is 4.90 Å². The van der Waals surface area contributed by atoms with E-state index in [4.69, 9.17) is 28.3 Å². The van der Waals surface area contributed by atoms with Crippen LogP contribution in [0.1, 0.15) is 10.4 Å². The SMILES string of the molecule is CS(=O)CCNS(=O)(=O)c1ccc(Cl)c(C(=O)O)c1Cl. The second-order valence-corrected chi connectivity index (χ2v) is 7.79. The van der Waals surface area contributed by atoms with Crippen LogP contribution in [0, 0.1) is 0 Å². The lowest BCUT2D eigenvalue weighted by atomic mass is 10.2. The van der Waals surface area contributed by atoms with E-state index < -0.39 is 37.4 Å². The van der Waals surface area contributed by atoms with Crippen LogP contribution < -0.4 is 4.72 Å². The molecule has 0 amide bonds. The average Bonchev–Trinajstić information content (AvgIpc) is 2.26. The first-order valence-electron chi connectivity index (χ1n) is 5.18. The summed E-state index contributed by atoms with van der Waals surface area (Å²) in [5, 5.41) is 8.34. The first kappa shape index (κ1) is 17.4. The Labute approximate surface area is 128 Å². The van der Waals surface area contributed by atoms with Gasteiger partial charge in [-0.3, -0.25) is 4.21 Å². The third kappa shape index (κ3) is 4.16. The van der Waals surface area contributed by atoms with Crippen molar-refractivity contribution >= 4 is 50.0 Å². The molecular weight excluding hydrogens is 349 g/mol. The van der Waals surface area contributed by atoms with Gasteiger partial charge < -0.3 is 5.11 Å². The Hall–Kier alpha value is -0.670. The minimum Gasteiger partial charge on any atom is -0.478 e. The van der Waals surface area contributed by atoms with Gasteiger partial charge >= 0.3 is 5.97 Å². The first-order valence-corrected chi connectivity index (χ1v) is 9.14. The normalized spacial score (nSPS) is 13.2. The summed E-state index contributed by atoms with van der Waals surface area (Å²) in [4.78, 5) is 10.6. The topological polar surface area (TPSA) is 101 Å². The third-order valence-corrected chi connectivity index (χ3v) is 5.34. The molecule has 0 heterocycles. The van der Waals surface area contributed by atoms with E-state index in [1.54, 1.807) is 0 Å². The van der Waals surface area contributed by atoms with Crippen LogP contribution in [0.5, 0.6) is 0 Å². The molecular formula is C10H11Cl2NO5S2. The Bertz CT molecular complexity index is 660. The number of halogens is 2. The van der Waals surface area contributed by atoms with Gasteiger partial charge in [-0.25, -0.2) is 17.9 Å². The van der Waals surface area contributed by atoms with Crippen molar-refractivity contribution in [1.29, 1.82) is 0 Å². The van der Waals surface area contributed by atoms with Crippen molar-refractivity contribution in [2.24, 2.45) is 0 Å². The Morgan fingerprint density at radius 2 is 2.00 bits per heavy atom. The fourth-order valence-electron chi connectivity index (χ4n) is 1.33. The standard InChI is InChI=1S/C10H11Cl2NO5S2/c1-19(16)5-4-13-20(17,18)7-3-2-6(11)8(9(7)12)10(14)15/h2-3,13H,4-5H2,1H3,(H,14,15). The summed E-state index contributed by atoms with van der Waals surface area (Å²) in [6.07, 6.45) is 1.44. The highest BCUT2D eigenvalue weighted by Crippen LogP contribution is 2.30. The van der Waals surface area contributed by atoms with E-state index in [0.29, 0.717) is 0 Å². The molecule has 0 saturated carbocycles. The van der Waals surface area contributed by atoms with Crippen LogP contribution >= 0.6 is 23.2 Å². The fraction of sp³-hybridized carbons (Fsp3) is 0.300. The predicted molar refractivity (Wildman–Crippen MR) is 77.5 cm³/mol. The Morgan fingerprint density at radius 3 is 2.50 bits per heavy atom. The smallest absolute Gasteiger partial charge is 0.338 e. The lowest BCUT2D eigenvalue weighted by Gasteiger charge is -2.10. The molecule has 0 saturated heterocycles. The molecule has 112 valence electrons. The van der Waals surface area contributed by atoms with Crippen molar-refractivity contribution in [3.63, 3.8) is 0 Å². The highest BCUT2D eigenvalue weighted by Gasteiger charge is 2.24. The Balaban J connectivity index is 3.16. The number of sulfonamides is 1. The van der Waals surface area contributed by atoms with E-state index in [1.165, 1.54) is 6.26 Å². The Morgan fingerprint density at radius 1 is 1.40 bits per heavy atom. The summed E-state index contributed by atoms with van der Waals surface area (Å²) >= 11 is 11.5. The van der Waals surface area contributed by atoms with Crippen molar-refractivity contribution in [3.8, 4) is 0 Å². The second-order valence-electron chi connectivity index (χ2n) is 3.71. The summed E-state index contributed by atoms with van der Waals surface area (Å²) in [5.41, 5.74) is -0.477. The molecule has 0 fully saturated rings. The lowest BCUT2D eigenvalue weighted by Crippen LogP contribution is -2.28. The van der Waals surface area contributed by atoms with Gasteiger partial charge in [0.05, 0.1) is 15.6 Å². The van der Waals surface area contributed by atoms with E-state index in [0.717, 1.165) is 12.1 Å². The molecule has 0 bridgehead atoms. The van der Waals surface area contributed by atoms with Gasteiger partial charge in [-0.1, -0.05) is 23.2 Å². The summed E-state index contributed by atoms with van der Waals surface area (Å²) in [6, 6.07) is 2.26. The summed E-state index contributed by atoms with van der Waals surface area (Å²) in [6.45, 7) is -0.0488. The number of carboxylic acid groups (broad SMARTS) is 1.